The molecular formula is C16H21BrF3NO3S. The predicted molar refractivity (Wildman–Crippen MR) is 94.2 cm³/mol. The number of nitrogens with one attached hydrogen (secondary N) is 1. The predicted octanol–water partition coefficient (Wildman–Crippen LogP) is 4.51. The number of rotatable bonds is 6. The van der Waals surface area contributed by atoms with Crippen LogP contribution in [-0.2, 0) is 27.1 Å². The van der Waals surface area contributed by atoms with Crippen molar-refractivity contribution in [2.24, 2.45) is 0 Å². The molecule has 4 nitrogen and oxygen atoms in total. The SMILES string of the molecule is CCOC(=O)C[C@H](N[S+]([O-])C(C)(C)C)c1cc(Br)cc(C(F)(F)F)c1. The van der Waals surface area contributed by atoms with Crippen LogP contribution in [0.5, 0.6) is 0 Å². The summed E-state index contributed by atoms with van der Waals surface area (Å²) in [5.41, 5.74) is -0.651. The third kappa shape index (κ3) is 7.16. The molecule has 0 radical (unpaired) electrons. The Hall–Kier alpha value is -0.770. The summed E-state index contributed by atoms with van der Waals surface area (Å²) in [5.74, 6) is -0.584. The van der Waals surface area contributed by atoms with Crippen molar-refractivity contribution in [1.82, 2.24) is 4.72 Å². The number of hydrogen-bond donors (Lipinski definition) is 1. The minimum atomic E-state index is -4.53. The number of ether oxygens (including phenoxy) is 1. The zero-order valence-electron chi connectivity index (χ0n) is 14.4. The van der Waals surface area contributed by atoms with Gasteiger partial charge in [-0.2, -0.15) is 13.2 Å². The first kappa shape index (κ1) is 22.3. The van der Waals surface area contributed by atoms with E-state index in [-0.39, 0.29) is 23.1 Å². The molecule has 0 saturated carbocycles. The number of hydrogen-bond acceptors (Lipinski definition) is 4. The van der Waals surface area contributed by atoms with Gasteiger partial charge < -0.3 is 9.29 Å². The fourth-order valence-corrected chi connectivity index (χ4v) is 3.24. The van der Waals surface area contributed by atoms with Gasteiger partial charge in [0.1, 0.15) is 4.75 Å². The van der Waals surface area contributed by atoms with Crippen LogP contribution >= 0.6 is 15.9 Å². The Kier molecular flexibility index (Phi) is 7.79. The molecule has 1 aromatic rings. The maximum absolute atomic E-state index is 13.1. The molecule has 142 valence electrons. The second kappa shape index (κ2) is 8.75. The third-order valence-corrected chi connectivity index (χ3v) is 5.20. The van der Waals surface area contributed by atoms with Crippen LogP contribution in [-0.4, -0.2) is 21.9 Å². The van der Waals surface area contributed by atoms with Gasteiger partial charge in [-0.3, -0.25) is 4.79 Å². The van der Waals surface area contributed by atoms with E-state index in [0.29, 0.717) is 0 Å². The van der Waals surface area contributed by atoms with Crippen molar-refractivity contribution in [3.63, 3.8) is 0 Å². The maximum Gasteiger partial charge on any atom is 0.416 e. The number of halogens is 4. The van der Waals surface area contributed by atoms with Crippen LogP contribution in [0, 0.1) is 0 Å². The van der Waals surface area contributed by atoms with Gasteiger partial charge in [0, 0.05) is 15.8 Å². The van der Waals surface area contributed by atoms with Crippen LogP contribution < -0.4 is 4.72 Å². The molecule has 1 unspecified atom stereocenters. The van der Waals surface area contributed by atoms with Crippen molar-refractivity contribution in [1.29, 1.82) is 0 Å². The van der Waals surface area contributed by atoms with Gasteiger partial charge in [0.15, 0.2) is 0 Å². The lowest BCUT2D eigenvalue weighted by molar-refractivity contribution is -0.143. The Morgan fingerprint density at radius 3 is 2.40 bits per heavy atom. The molecule has 1 aromatic carbocycles. The molecule has 0 spiro atoms. The zero-order chi connectivity index (χ0) is 19.4. The van der Waals surface area contributed by atoms with Crippen LogP contribution in [0.2, 0.25) is 0 Å². The summed E-state index contributed by atoms with van der Waals surface area (Å²) in [6.07, 6.45) is -4.76. The van der Waals surface area contributed by atoms with E-state index in [0.717, 1.165) is 12.1 Å². The smallest absolute Gasteiger partial charge is 0.416 e. The molecule has 0 aromatic heterocycles. The monoisotopic (exact) mass is 443 g/mol. The lowest BCUT2D eigenvalue weighted by Crippen LogP contribution is -2.42. The molecule has 2 atom stereocenters. The van der Waals surface area contributed by atoms with E-state index < -0.39 is 39.9 Å². The summed E-state index contributed by atoms with van der Waals surface area (Å²) < 4.78 is 58.7. The summed E-state index contributed by atoms with van der Waals surface area (Å²) in [6.45, 7) is 6.95. The fourth-order valence-electron chi connectivity index (χ4n) is 1.90. The van der Waals surface area contributed by atoms with Gasteiger partial charge in [-0.25, -0.2) is 0 Å². The van der Waals surface area contributed by atoms with Crippen molar-refractivity contribution >= 4 is 33.3 Å². The van der Waals surface area contributed by atoms with Gasteiger partial charge in [0.2, 0.25) is 0 Å². The number of carbonyl (C=O) groups excluding carboxylic acids is 1. The molecule has 0 aliphatic rings. The minimum Gasteiger partial charge on any atom is -0.598 e. The fraction of sp³-hybridized carbons (Fsp3) is 0.562. The first-order valence-corrected chi connectivity index (χ1v) is 9.50. The van der Waals surface area contributed by atoms with Crippen molar-refractivity contribution in [3.05, 3.63) is 33.8 Å². The largest absolute Gasteiger partial charge is 0.598 e. The number of carbonyl (C=O) groups is 1. The standard InChI is InChI=1S/C16H21BrF3NO3S/c1-5-24-14(22)9-13(21-25(23)15(2,3)4)10-6-11(16(18,19)20)8-12(17)7-10/h6-8,13,21H,5,9H2,1-4H3/t13-,25?/m0/s1. The second-order valence-corrected chi connectivity index (χ2v) is 9.25. The number of alkyl halides is 3. The lowest BCUT2D eigenvalue weighted by Gasteiger charge is -2.28. The van der Waals surface area contributed by atoms with Crippen molar-refractivity contribution < 1.29 is 27.3 Å². The van der Waals surface area contributed by atoms with Crippen LogP contribution in [0.25, 0.3) is 0 Å². The molecule has 0 heterocycles. The van der Waals surface area contributed by atoms with Crippen molar-refractivity contribution in [2.45, 2.75) is 51.1 Å². The average Bonchev–Trinajstić information content (AvgIpc) is 2.44. The summed E-state index contributed by atoms with van der Waals surface area (Å²) in [7, 11) is 0. The van der Waals surface area contributed by atoms with E-state index in [1.165, 1.54) is 6.07 Å². The van der Waals surface area contributed by atoms with Crippen molar-refractivity contribution in [3.8, 4) is 0 Å². The third-order valence-electron chi connectivity index (χ3n) is 3.13. The van der Waals surface area contributed by atoms with E-state index in [9.17, 15) is 22.5 Å². The molecule has 0 fully saturated rings. The van der Waals surface area contributed by atoms with E-state index in [1.54, 1.807) is 27.7 Å². The first-order chi connectivity index (χ1) is 11.3. The highest BCUT2D eigenvalue weighted by molar-refractivity contribution is 9.10. The van der Waals surface area contributed by atoms with Gasteiger partial charge >= 0.3 is 12.1 Å². The summed E-state index contributed by atoms with van der Waals surface area (Å²) in [5, 5.41) is 0. The first-order valence-electron chi connectivity index (χ1n) is 7.56. The van der Waals surface area contributed by atoms with E-state index in [4.69, 9.17) is 4.74 Å². The second-order valence-electron chi connectivity index (χ2n) is 6.33. The highest BCUT2D eigenvalue weighted by Crippen LogP contribution is 2.34. The van der Waals surface area contributed by atoms with Gasteiger partial charge in [-0.15, -0.1) is 4.72 Å². The van der Waals surface area contributed by atoms with Gasteiger partial charge in [0.25, 0.3) is 0 Å². The molecule has 0 aliphatic heterocycles. The van der Waals surface area contributed by atoms with Crippen LogP contribution in [0.4, 0.5) is 13.2 Å². The lowest BCUT2D eigenvalue weighted by atomic mass is 10.0. The maximum atomic E-state index is 13.1. The molecule has 0 saturated heterocycles. The topological polar surface area (TPSA) is 61.4 Å². The number of benzene rings is 1. The Morgan fingerprint density at radius 1 is 1.32 bits per heavy atom. The minimum absolute atomic E-state index is 0.153. The molecule has 1 rings (SSSR count). The van der Waals surface area contributed by atoms with E-state index >= 15 is 0 Å². The molecule has 0 bridgehead atoms. The van der Waals surface area contributed by atoms with Gasteiger partial charge in [-0.05, 0) is 51.5 Å². The molecule has 0 aliphatic carbocycles. The molecule has 9 heteroatoms. The van der Waals surface area contributed by atoms with E-state index in [1.807, 2.05) is 0 Å². The van der Waals surface area contributed by atoms with Crippen LogP contribution in [0.1, 0.15) is 51.3 Å². The summed E-state index contributed by atoms with van der Waals surface area (Å²) in [6, 6.07) is 2.48. The zero-order valence-corrected chi connectivity index (χ0v) is 16.8. The average molecular weight is 444 g/mol. The van der Waals surface area contributed by atoms with Crippen LogP contribution in [0.15, 0.2) is 22.7 Å². The van der Waals surface area contributed by atoms with E-state index in [2.05, 4.69) is 20.7 Å². The Balaban J connectivity index is 3.22. The molecule has 1 N–H and O–H groups in total. The van der Waals surface area contributed by atoms with Gasteiger partial charge in [0.05, 0.1) is 24.6 Å². The highest BCUT2D eigenvalue weighted by atomic mass is 79.9. The molecule has 25 heavy (non-hydrogen) atoms. The normalized spacial score (nSPS) is 14.9. The van der Waals surface area contributed by atoms with Crippen molar-refractivity contribution in [2.75, 3.05) is 6.61 Å². The summed E-state index contributed by atoms with van der Waals surface area (Å²) >= 11 is 1.48. The summed E-state index contributed by atoms with van der Waals surface area (Å²) in [4.78, 5) is 11.8. The van der Waals surface area contributed by atoms with Gasteiger partial charge in [-0.1, -0.05) is 15.9 Å². The Morgan fingerprint density at radius 2 is 1.92 bits per heavy atom. The Bertz CT molecular complexity index is 605. The molecular weight excluding hydrogens is 423 g/mol. The highest BCUT2D eigenvalue weighted by Gasteiger charge is 2.34. The quantitative estimate of drug-likeness (QED) is 0.518. The number of esters is 1. The van der Waals surface area contributed by atoms with Crippen LogP contribution in [0.3, 0.4) is 0 Å². The Labute approximate surface area is 156 Å². The molecule has 0 amide bonds.